The molecule has 0 saturated heterocycles. The molecule has 0 saturated carbocycles. The highest BCUT2D eigenvalue weighted by Gasteiger charge is 2.51. The van der Waals surface area contributed by atoms with E-state index in [0.29, 0.717) is 17.5 Å². The lowest BCUT2D eigenvalue weighted by molar-refractivity contribution is -0.136. The molecule has 5 nitrogen and oxygen atoms in total. The van der Waals surface area contributed by atoms with Gasteiger partial charge in [-0.3, -0.25) is 4.79 Å². The molecule has 2 atom stereocenters. The maximum Gasteiger partial charge on any atom is 0.334 e. The van der Waals surface area contributed by atoms with Gasteiger partial charge in [-0.05, 0) is 24.0 Å². The highest BCUT2D eigenvalue weighted by molar-refractivity contribution is 6.03. The molecule has 1 aromatic rings. The van der Waals surface area contributed by atoms with Crippen LogP contribution in [-0.2, 0) is 26.2 Å². The van der Waals surface area contributed by atoms with Crippen LogP contribution in [-0.4, -0.2) is 29.8 Å². The molecule has 0 spiro atoms. The summed E-state index contributed by atoms with van der Waals surface area (Å²) < 4.78 is 5.18. The van der Waals surface area contributed by atoms with Crippen LogP contribution < -0.4 is 0 Å². The van der Waals surface area contributed by atoms with Crippen molar-refractivity contribution in [2.75, 3.05) is 6.61 Å². The van der Waals surface area contributed by atoms with Crippen molar-refractivity contribution in [1.82, 2.24) is 0 Å². The molecule has 0 aromatic heterocycles. The van der Waals surface area contributed by atoms with Crippen LogP contribution in [0.3, 0.4) is 0 Å². The van der Waals surface area contributed by atoms with Gasteiger partial charge in [-0.25, -0.2) is 4.79 Å². The van der Waals surface area contributed by atoms with E-state index < -0.39 is 0 Å². The van der Waals surface area contributed by atoms with E-state index in [1.54, 1.807) is 6.07 Å². The van der Waals surface area contributed by atoms with Crippen LogP contribution in [0.2, 0.25) is 0 Å². The van der Waals surface area contributed by atoms with Gasteiger partial charge in [-0.15, -0.1) is 0 Å². The zero-order valence-electron chi connectivity index (χ0n) is 13.4. The lowest BCUT2D eigenvalue weighted by atomic mass is 9.56. The quantitative estimate of drug-likeness (QED) is 0.666. The number of aldehydes is 1. The van der Waals surface area contributed by atoms with E-state index in [1.165, 1.54) is 0 Å². The second kappa shape index (κ2) is 5.03. The van der Waals surface area contributed by atoms with E-state index in [1.807, 2.05) is 6.07 Å². The fraction of sp³-hybridized carbons (Fsp3) is 0.421. The predicted octanol–water partition coefficient (Wildman–Crippen LogP) is 2.24. The molecule has 0 amide bonds. The van der Waals surface area contributed by atoms with Crippen LogP contribution in [0.1, 0.15) is 47.7 Å². The lowest BCUT2D eigenvalue weighted by Gasteiger charge is -2.46. The van der Waals surface area contributed by atoms with Crippen LogP contribution in [0.4, 0.5) is 0 Å². The molecule has 1 N–H and O–H groups in total. The second-order valence-electron chi connectivity index (χ2n) is 7.04. The van der Waals surface area contributed by atoms with Gasteiger partial charge in [0.2, 0.25) is 0 Å². The highest BCUT2D eigenvalue weighted by atomic mass is 16.5. The van der Waals surface area contributed by atoms with Crippen molar-refractivity contribution in [2.24, 2.45) is 5.92 Å². The van der Waals surface area contributed by atoms with Gasteiger partial charge in [0, 0.05) is 35.3 Å². The number of ketones is 1. The van der Waals surface area contributed by atoms with Crippen molar-refractivity contribution in [2.45, 2.75) is 38.0 Å². The van der Waals surface area contributed by atoms with Crippen molar-refractivity contribution in [3.05, 3.63) is 40.0 Å². The van der Waals surface area contributed by atoms with Gasteiger partial charge in [0.15, 0.2) is 5.78 Å². The average Bonchev–Trinajstić information content (AvgIpc) is 2.92. The summed E-state index contributed by atoms with van der Waals surface area (Å²) in [5.41, 5.74) is 3.02. The van der Waals surface area contributed by atoms with Gasteiger partial charge >= 0.3 is 5.97 Å². The number of ether oxygens (including phenoxy) is 1. The molecule has 0 radical (unpaired) electrons. The Morgan fingerprint density at radius 2 is 2.17 bits per heavy atom. The molecule has 1 aromatic carbocycles. The first kappa shape index (κ1) is 15.1. The number of carbonyl (C=O) groups is 3. The number of hydrogen-bond acceptors (Lipinski definition) is 5. The Hall–Kier alpha value is -2.43. The summed E-state index contributed by atoms with van der Waals surface area (Å²) in [6.07, 6.45) is 2.43. The van der Waals surface area contributed by atoms with Crippen molar-refractivity contribution in [1.29, 1.82) is 0 Å². The van der Waals surface area contributed by atoms with E-state index >= 15 is 0 Å². The van der Waals surface area contributed by atoms with Crippen molar-refractivity contribution >= 4 is 18.0 Å². The fourth-order valence-corrected chi connectivity index (χ4v) is 4.57. The Balaban J connectivity index is 1.88. The van der Waals surface area contributed by atoms with Crippen molar-refractivity contribution in [3.63, 3.8) is 0 Å². The summed E-state index contributed by atoms with van der Waals surface area (Å²) >= 11 is 0. The normalized spacial score (nSPS) is 28.1. The zero-order valence-corrected chi connectivity index (χ0v) is 13.4. The second-order valence-corrected chi connectivity index (χ2v) is 7.04. The third-order valence-corrected chi connectivity index (χ3v) is 5.93. The first-order valence-electron chi connectivity index (χ1n) is 8.18. The fourth-order valence-electron chi connectivity index (χ4n) is 4.57. The number of aromatic hydroxyl groups is 1. The number of hydrogen-bond donors (Lipinski definition) is 1. The summed E-state index contributed by atoms with van der Waals surface area (Å²) in [4.78, 5) is 35.4. The standard InChI is InChI=1S/C19H18O5/c1-19-6-4-11-12(9-24-18(11)23)14(19)8-15(21)16-13(19)3-2-10(5-7-20)17(16)22/h2-3,7,14,22H,4-6,8-9H2,1H3/t14-,19+/m0/s1. The molecule has 0 fully saturated rings. The summed E-state index contributed by atoms with van der Waals surface area (Å²) in [5, 5.41) is 10.5. The van der Waals surface area contributed by atoms with E-state index in [2.05, 4.69) is 6.92 Å². The minimum Gasteiger partial charge on any atom is -0.507 e. The van der Waals surface area contributed by atoms with Crippen LogP contribution in [0, 0.1) is 5.92 Å². The molecule has 124 valence electrons. The highest BCUT2D eigenvalue weighted by Crippen LogP contribution is 2.54. The van der Waals surface area contributed by atoms with Gasteiger partial charge in [0.25, 0.3) is 0 Å². The smallest absolute Gasteiger partial charge is 0.334 e. The Labute approximate surface area is 139 Å². The van der Waals surface area contributed by atoms with Crippen LogP contribution >= 0.6 is 0 Å². The number of phenolic OH excluding ortho intramolecular Hbond substituents is 1. The van der Waals surface area contributed by atoms with Gasteiger partial charge < -0.3 is 14.6 Å². The number of rotatable bonds is 2. The molecule has 24 heavy (non-hydrogen) atoms. The third-order valence-electron chi connectivity index (χ3n) is 5.93. The van der Waals surface area contributed by atoms with Gasteiger partial charge in [0.1, 0.15) is 18.6 Å². The van der Waals surface area contributed by atoms with E-state index in [0.717, 1.165) is 29.4 Å². The summed E-state index contributed by atoms with van der Waals surface area (Å²) in [7, 11) is 0. The minimum absolute atomic E-state index is 0.0657. The average molecular weight is 326 g/mol. The predicted molar refractivity (Wildman–Crippen MR) is 84.9 cm³/mol. The molecule has 4 rings (SSSR count). The number of fused-ring (bicyclic) bond motifs is 4. The number of phenols is 1. The van der Waals surface area contributed by atoms with Gasteiger partial charge in [-0.2, -0.15) is 0 Å². The molecule has 1 heterocycles. The Bertz CT molecular complexity index is 819. The maximum absolute atomic E-state index is 12.7. The number of cyclic esters (lactones) is 1. The Morgan fingerprint density at radius 1 is 1.38 bits per heavy atom. The topological polar surface area (TPSA) is 80.7 Å². The van der Waals surface area contributed by atoms with Crippen molar-refractivity contribution < 1.29 is 24.2 Å². The monoisotopic (exact) mass is 326 g/mol. The third kappa shape index (κ3) is 1.84. The van der Waals surface area contributed by atoms with Crippen LogP contribution in [0.15, 0.2) is 23.3 Å². The van der Waals surface area contributed by atoms with E-state index in [4.69, 9.17) is 4.74 Å². The summed E-state index contributed by atoms with van der Waals surface area (Å²) in [6, 6.07) is 3.59. The van der Waals surface area contributed by atoms with Gasteiger partial charge in [0.05, 0.1) is 5.56 Å². The molecule has 2 aliphatic carbocycles. The molecular formula is C19H18O5. The lowest BCUT2D eigenvalue weighted by Crippen LogP contribution is -2.43. The summed E-state index contributed by atoms with van der Waals surface area (Å²) in [5.74, 6) is -0.521. The first-order chi connectivity index (χ1) is 11.5. The zero-order chi connectivity index (χ0) is 17.1. The SMILES string of the molecule is C[C@]12CCC3=C(COC3=O)[C@@H]1CC(=O)c1c2ccc(CC=O)c1O. The molecule has 0 bridgehead atoms. The molecule has 0 unspecified atom stereocenters. The molecule has 5 heteroatoms. The van der Waals surface area contributed by atoms with Crippen molar-refractivity contribution in [3.8, 4) is 5.75 Å². The largest absolute Gasteiger partial charge is 0.507 e. The van der Waals surface area contributed by atoms with E-state index in [-0.39, 0.29) is 48.3 Å². The van der Waals surface area contributed by atoms with E-state index in [9.17, 15) is 19.5 Å². The Kier molecular flexibility index (Phi) is 3.17. The molecule has 3 aliphatic rings. The molecular weight excluding hydrogens is 308 g/mol. The number of Topliss-reactive ketones (excluding diaryl/α,β-unsaturated/α-hetero) is 1. The Morgan fingerprint density at radius 3 is 2.92 bits per heavy atom. The number of esters is 1. The number of carbonyl (C=O) groups excluding carboxylic acids is 3. The minimum atomic E-state index is -0.312. The number of benzene rings is 1. The van der Waals surface area contributed by atoms with Crippen LogP contribution in [0.5, 0.6) is 5.75 Å². The maximum atomic E-state index is 12.7. The van der Waals surface area contributed by atoms with Gasteiger partial charge in [-0.1, -0.05) is 19.1 Å². The first-order valence-corrected chi connectivity index (χ1v) is 8.18. The summed E-state index contributed by atoms with van der Waals surface area (Å²) in [6.45, 7) is 2.36. The van der Waals surface area contributed by atoms with Crippen LogP contribution in [0.25, 0.3) is 0 Å². The molecule has 1 aliphatic heterocycles.